The first kappa shape index (κ1) is 11.3. The van der Waals surface area contributed by atoms with E-state index in [2.05, 4.69) is 5.32 Å². The lowest BCUT2D eigenvalue weighted by molar-refractivity contribution is -0.137. The van der Waals surface area contributed by atoms with Crippen molar-refractivity contribution in [1.29, 1.82) is 0 Å². The lowest BCUT2D eigenvalue weighted by atomic mass is 10.2. The summed E-state index contributed by atoms with van der Waals surface area (Å²) < 4.78 is 23.2. The van der Waals surface area contributed by atoms with Gasteiger partial charge in [-0.05, 0) is 13.3 Å². The van der Waals surface area contributed by atoms with E-state index in [4.69, 9.17) is 5.11 Å². The molecule has 0 heterocycles. The monoisotopic (exact) mass is 181 g/mol. The Morgan fingerprint density at radius 2 is 2.17 bits per heavy atom. The van der Waals surface area contributed by atoms with Gasteiger partial charge < -0.3 is 10.4 Å². The molecule has 0 aliphatic rings. The molecular weight excluding hydrogens is 168 g/mol. The number of alkyl halides is 2. The number of hydrogen-bond acceptors (Lipinski definition) is 2. The Morgan fingerprint density at radius 1 is 1.58 bits per heavy atom. The number of hydrogen-bond donors (Lipinski definition) is 2. The highest BCUT2D eigenvalue weighted by Crippen LogP contribution is 1.97. The van der Waals surface area contributed by atoms with E-state index in [0.29, 0.717) is 6.42 Å². The van der Waals surface area contributed by atoms with Gasteiger partial charge in [0.25, 0.3) is 6.43 Å². The first-order valence-corrected chi connectivity index (χ1v) is 3.75. The van der Waals surface area contributed by atoms with Crippen molar-refractivity contribution in [1.82, 2.24) is 5.32 Å². The zero-order chi connectivity index (χ0) is 9.56. The molecule has 0 saturated carbocycles. The molecule has 0 amide bonds. The molecule has 0 radical (unpaired) electrons. The van der Waals surface area contributed by atoms with Crippen LogP contribution >= 0.6 is 0 Å². The largest absolute Gasteiger partial charge is 0.481 e. The fraction of sp³-hybridized carbons (Fsp3) is 0.857. The van der Waals surface area contributed by atoms with Crippen LogP contribution in [-0.4, -0.2) is 30.1 Å². The zero-order valence-electron chi connectivity index (χ0n) is 6.89. The lowest BCUT2D eigenvalue weighted by Crippen LogP contribution is -2.30. The molecule has 72 valence electrons. The smallest absolute Gasteiger partial charge is 0.303 e. The Labute approximate surface area is 69.8 Å². The maximum atomic E-state index is 11.6. The van der Waals surface area contributed by atoms with Crippen LogP contribution < -0.4 is 5.32 Å². The summed E-state index contributed by atoms with van der Waals surface area (Å²) in [6.45, 7) is 1.31. The van der Waals surface area contributed by atoms with Crippen LogP contribution in [0.4, 0.5) is 8.78 Å². The van der Waals surface area contributed by atoms with E-state index in [1.807, 2.05) is 0 Å². The standard InChI is InChI=1S/C7H13F2NO2/c1-5(2-3-7(11)12)10-4-6(8)9/h5-6,10H,2-4H2,1H3,(H,11,12). The van der Waals surface area contributed by atoms with E-state index >= 15 is 0 Å². The van der Waals surface area contributed by atoms with Crippen molar-refractivity contribution in [3.63, 3.8) is 0 Å². The van der Waals surface area contributed by atoms with Gasteiger partial charge in [0, 0.05) is 12.5 Å². The topological polar surface area (TPSA) is 49.3 Å². The van der Waals surface area contributed by atoms with Crippen LogP contribution in [0.2, 0.25) is 0 Å². The predicted octanol–water partition coefficient (Wildman–Crippen LogP) is 1.09. The SMILES string of the molecule is CC(CCC(=O)O)NCC(F)F. The lowest BCUT2D eigenvalue weighted by Gasteiger charge is -2.11. The average molecular weight is 181 g/mol. The number of nitrogens with one attached hydrogen (secondary N) is 1. The van der Waals surface area contributed by atoms with Crippen molar-refractivity contribution in [2.75, 3.05) is 6.54 Å². The number of rotatable bonds is 6. The summed E-state index contributed by atoms with van der Waals surface area (Å²) in [5.41, 5.74) is 0. The number of carboxylic acids is 1. The van der Waals surface area contributed by atoms with Gasteiger partial charge in [0.15, 0.2) is 0 Å². The second kappa shape index (κ2) is 5.88. The van der Waals surface area contributed by atoms with Crippen LogP contribution in [0.5, 0.6) is 0 Å². The number of halogens is 2. The van der Waals surface area contributed by atoms with Gasteiger partial charge in [-0.25, -0.2) is 8.78 Å². The maximum absolute atomic E-state index is 11.6. The first-order chi connectivity index (χ1) is 5.52. The molecule has 0 aliphatic heterocycles. The van der Waals surface area contributed by atoms with Crippen molar-refractivity contribution in [3.05, 3.63) is 0 Å². The van der Waals surface area contributed by atoms with Crippen molar-refractivity contribution >= 4 is 5.97 Å². The van der Waals surface area contributed by atoms with Crippen LogP contribution in [0.15, 0.2) is 0 Å². The summed E-state index contributed by atoms with van der Waals surface area (Å²) in [5, 5.41) is 10.8. The molecule has 0 aromatic heterocycles. The first-order valence-electron chi connectivity index (χ1n) is 3.75. The van der Waals surface area contributed by atoms with E-state index in [9.17, 15) is 13.6 Å². The molecule has 0 fully saturated rings. The highest BCUT2D eigenvalue weighted by atomic mass is 19.3. The van der Waals surface area contributed by atoms with Crippen LogP contribution in [-0.2, 0) is 4.79 Å². The minimum Gasteiger partial charge on any atom is -0.481 e. The van der Waals surface area contributed by atoms with E-state index in [0.717, 1.165) is 0 Å². The third-order valence-electron chi connectivity index (χ3n) is 1.41. The average Bonchev–Trinajstić information content (AvgIpc) is 1.96. The van der Waals surface area contributed by atoms with Crippen LogP contribution in [0, 0.1) is 0 Å². The fourth-order valence-corrected chi connectivity index (χ4v) is 0.732. The van der Waals surface area contributed by atoms with Crippen LogP contribution in [0.1, 0.15) is 19.8 Å². The molecule has 0 saturated heterocycles. The second-order valence-corrected chi connectivity index (χ2v) is 2.63. The molecule has 5 heteroatoms. The minimum atomic E-state index is -2.38. The Kier molecular flexibility index (Phi) is 5.53. The maximum Gasteiger partial charge on any atom is 0.303 e. The van der Waals surface area contributed by atoms with E-state index in [1.165, 1.54) is 0 Å². The zero-order valence-corrected chi connectivity index (χ0v) is 6.89. The number of aliphatic carboxylic acids is 1. The number of carbonyl (C=O) groups is 1. The quantitative estimate of drug-likeness (QED) is 0.645. The fourth-order valence-electron chi connectivity index (χ4n) is 0.732. The molecule has 1 unspecified atom stereocenters. The summed E-state index contributed by atoms with van der Waals surface area (Å²) in [6.07, 6.45) is -1.99. The summed E-state index contributed by atoms with van der Waals surface area (Å²) in [5.74, 6) is -0.902. The molecule has 0 spiro atoms. The van der Waals surface area contributed by atoms with Gasteiger partial charge in [0.05, 0.1) is 6.54 Å². The van der Waals surface area contributed by atoms with Gasteiger partial charge in [0.1, 0.15) is 0 Å². The summed E-state index contributed by atoms with van der Waals surface area (Å²) in [7, 11) is 0. The molecule has 2 N–H and O–H groups in total. The summed E-state index contributed by atoms with van der Waals surface area (Å²) in [4.78, 5) is 10.1. The van der Waals surface area contributed by atoms with Crippen LogP contribution in [0.25, 0.3) is 0 Å². The molecule has 3 nitrogen and oxygen atoms in total. The molecule has 0 aromatic carbocycles. The highest BCUT2D eigenvalue weighted by Gasteiger charge is 2.07. The van der Waals surface area contributed by atoms with Crippen molar-refractivity contribution in [3.8, 4) is 0 Å². The molecule has 1 atom stereocenters. The minimum absolute atomic E-state index is 0.0113. The number of carboxylic acid groups (broad SMARTS) is 1. The van der Waals surface area contributed by atoms with Gasteiger partial charge in [-0.15, -0.1) is 0 Å². The molecule has 12 heavy (non-hydrogen) atoms. The normalized spacial score (nSPS) is 13.3. The van der Waals surface area contributed by atoms with Gasteiger partial charge >= 0.3 is 5.97 Å². The highest BCUT2D eigenvalue weighted by molar-refractivity contribution is 5.66. The Hall–Kier alpha value is -0.710. The van der Waals surface area contributed by atoms with Crippen molar-refractivity contribution in [2.24, 2.45) is 0 Å². The van der Waals surface area contributed by atoms with Gasteiger partial charge in [-0.3, -0.25) is 4.79 Å². The Bertz CT molecular complexity index is 141. The molecular formula is C7H13F2NO2. The van der Waals surface area contributed by atoms with Gasteiger partial charge in [-0.1, -0.05) is 0 Å². The predicted molar refractivity (Wildman–Crippen MR) is 40.3 cm³/mol. The van der Waals surface area contributed by atoms with E-state index in [-0.39, 0.29) is 19.0 Å². The van der Waals surface area contributed by atoms with E-state index in [1.54, 1.807) is 6.92 Å². The van der Waals surface area contributed by atoms with Gasteiger partial charge in [0.2, 0.25) is 0 Å². The third-order valence-corrected chi connectivity index (χ3v) is 1.41. The van der Waals surface area contributed by atoms with Crippen LogP contribution in [0.3, 0.4) is 0 Å². The van der Waals surface area contributed by atoms with Crippen molar-refractivity contribution in [2.45, 2.75) is 32.2 Å². The van der Waals surface area contributed by atoms with Gasteiger partial charge in [-0.2, -0.15) is 0 Å². The molecule has 0 aliphatic carbocycles. The summed E-state index contributed by atoms with van der Waals surface area (Å²) in [6, 6.07) is -0.171. The van der Waals surface area contributed by atoms with Crippen molar-refractivity contribution < 1.29 is 18.7 Å². The molecule has 0 aromatic rings. The second-order valence-electron chi connectivity index (χ2n) is 2.63. The molecule has 0 bridgehead atoms. The Morgan fingerprint density at radius 3 is 2.58 bits per heavy atom. The Balaban J connectivity index is 3.33. The van der Waals surface area contributed by atoms with E-state index < -0.39 is 12.4 Å². The summed E-state index contributed by atoms with van der Waals surface area (Å²) >= 11 is 0. The third kappa shape index (κ3) is 7.40. The molecule has 0 rings (SSSR count).